The molecule has 2 fully saturated rings. The molecular formula is C12H22O10. The average Bonchev–Trinajstić information content (AvgIpc) is 2.50. The molecule has 0 radical (unpaired) electrons. The Labute approximate surface area is 126 Å². The Morgan fingerprint density at radius 1 is 0.818 bits per heavy atom. The maximum Gasteiger partial charge on any atom is 0.187 e. The highest BCUT2D eigenvalue weighted by Gasteiger charge is 2.49. The van der Waals surface area contributed by atoms with Gasteiger partial charge in [0.2, 0.25) is 0 Å². The smallest absolute Gasteiger partial charge is 0.187 e. The van der Waals surface area contributed by atoms with Gasteiger partial charge in [0.1, 0.15) is 42.7 Å². The van der Waals surface area contributed by atoms with Crippen LogP contribution in [0.1, 0.15) is 6.92 Å². The number of hydrogen-bond acceptors (Lipinski definition) is 10. The highest BCUT2D eigenvalue weighted by Crippen LogP contribution is 2.28. The molecule has 0 saturated carbocycles. The van der Waals surface area contributed by atoms with Gasteiger partial charge in [0.25, 0.3) is 0 Å². The van der Waals surface area contributed by atoms with E-state index in [1.165, 1.54) is 6.92 Å². The monoisotopic (exact) mass is 326 g/mol. The van der Waals surface area contributed by atoms with Crippen molar-refractivity contribution in [2.24, 2.45) is 0 Å². The SMILES string of the molecule is C[C@H]1O[C@H](O[C@@H]2[C@@H](O)[C@@H](O)O[C@H](CO)[C@@H]2O)[C@H](O)[C@@H](O)[C@H]1O. The Hall–Kier alpha value is -0.400. The van der Waals surface area contributed by atoms with E-state index in [4.69, 9.17) is 19.3 Å². The van der Waals surface area contributed by atoms with E-state index in [1.54, 1.807) is 0 Å². The zero-order valence-corrected chi connectivity index (χ0v) is 11.8. The van der Waals surface area contributed by atoms with Crippen LogP contribution in [0.25, 0.3) is 0 Å². The standard InChI is InChI=1S/C12H22O10/c1-3-5(14)7(16)8(17)12(20-3)22-10-6(15)4(2-13)21-11(19)9(10)18/h3-19H,2H2,1H3/t3-,4-,5+,6+,7+,8-,9-,10+,11+,12-/m1/s1. The molecule has 10 nitrogen and oxygen atoms in total. The van der Waals surface area contributed by atoms with Gasteiger partial charge in [0, 0.05) is 0 Å². The van der Waals surface area contributed by atoms with Crippen molar-refractivity contribution in [2.75, 3.05) is 6.61 Å². The van der Waals surface area contributed by atoms with E-state index in [0.717, 1.165) is 0 Å². The average molecular weight is 326 g/mol. The van der Waals surface area contributed by atoms with Crippen LogP contribution in [-0.2, 0) is 14.2 Å². The van der Waals surface area contributed by atoms with E-state index < -0.39 is 68.0 Å². The summed E-state index contributed by atoms with van der Waals surface area (Å²) in [6.07, 6.45) is -14.3. The quantitative estimate of drug-likeness (QED) is 0.269. The van der Waals surface area contributed by atoms with E-state index in [2.05, 4.69) is 0 Å². The molecule has 0 aromatic rings. The molecule has 2 aliphatic heterocycles. The summed E-state index contributed by atoms with van der Waals surface area (Å²) in [6.45, 7) is 0.814. The van der Waals surface area contributed by atoms with Crippen molar-refractivity contribution in [3.63, 3.8) is 0 Å². The highest BCUT2D eigenvalue weighted by atomic mass is 16.7. The van der Waals surface area contributed by atoms with Gasteiger partial charge in [-0.25, -0.2) is 0 Å². The second kappa shape index (κ2) is 7.01. The van der Waals surface area contributed by atoms with Crippen LogP contribution in [0.4, 0.5) is 0 Å². The maximum absolute atomic E-state index is 9.99. The lowest BCUT2D eigenvalue weighted by Crippen LogP contribution is -2.63. The fourth-order valence-electron chi connectivity index (χ4n) is 2.51. The molecule has 130 valence electrons. The zero-order chi connectivity index (χ0) is 16.6. The second-order valence-corrected chi connectivity index (χ2v) is 5.51. The van der Waals surface area contributed by atoms with Gasteiger partial charge in [-0.1, -0.05) is 0 Å². The molecule has 2 aliphatic rings. The van der Waals surface area contributed by atoms with Gasteiger partial charge in [0.15, 0.2) is 12.6 Å². The first-order valence-corrected chi connectivity index (χ1v) is 6.93. The summed E-state index contributed by atoms with van der Waals surface area (Å²) in [4.78, 5) is 0. The summed E-state index contributed by atoms with van der Waals surface area (Å²) < 4.78 is 15.3. The van der Waals surface area contributed by atoms with E-state index >= 15 is 0 Å². The van der Waals surface area contributed by atoms with Crippen LogP contribution in [0.15, 0.2) is 0 Å². The summed E-state index contributed by atoms with van der Waals surface area (Å²) in [7, 11) is 0. The van der Waals surface area contributed by atoms with Crippen LogP contribution in [-0.4, -0.2) is 104 Å². The molecular weight excluding hydrogens is 304 g/mol. The largest absolute Gasteiger partial charge is 0.394 e. The van der Waals surface area contributed by atoms with E-state index in [1.807, 2.05) is 0 Å². The van der Waals surface area contributed by atoms with Crippen molar-refractivity contribution < 1.29 is 50.0 Å². The Morgan fingerprint density at radius 2 is 1.45 bits per heavy atom. The molecule has 7 N–H and O–H groups in total. The van der Waals surface area contributed by atoms with Crippen LogP contribution in [0.2, 0.25) is 0 Å². The number of hydrogen-bond donors (Lipinski definition) is 7. The number of ether oxygens (including phenoxy) is 3. The van der Waals surface area contributed by atoms with Crippen LogP contribution >= 0.6 is 0 Å². The zero-order valence-electron chi connectivity index (χ0n) is 11.8. The van der Waals surface area contributed by atoms with E-state index in [0.29, 0.717) is 0 Å². The Balaban J connectivity index is 2.10. The summed E-state index contributed by atoms with van der Waals surface area (Å²) in [6, 6.07) is 0. The minimum absolute atomic E-state index is 0.628. The molecule has 2 saturated heterocycles. The third kappa shape index (κ3) is 3.26. The summed E-state index contributed by atoms with van der Waals surface area (Å²) >= 11 is 0. The predicted molar refractivity (Wildman–Crippen MR) is 67.2 cm³/mol. The number of rotatable bonds is 3. The lowest BCUT2D eigenvalue weighted by atomic mass is 9.97. The fraction of sp³-hybridized carbons (Fsp3) is 1.00. The van der Waals surface area contributed by atoms with Gasteiger partial charge in [-0.2, -0.15) is 0 Å². The third-order valence-corrected chi connectivity index (χ3v) is 3.94. The van der Waals surface area contributed by atoms with E-state index in [9.17, 15) is 30.6 Å². The molecule has 0 bridgehead atoms. The maximum atomic E-state index is 9.99. The van der Waals surface area contributed by atoms with Crippen molar-refractivity contribution >= 4 is 0 Å². The minimum atomic E-state index is -1.71. The number of aliphatic hydroxyl groups is 7. The van der Waals surface area contributed by atoms with Gasteiger partial charge in [-0.05, 0) is 6.92 Å². The summed E-state index contributed by atoms with van der Waals surface area (Å²) in [5, 5.41) is 67.6. The normalized spacial score (nSPS) is 53.5. The van der Waals surface area contributed by atoms with Crippen LogP contribution < -0.4 is 0 Å². The summed E-state index contributed by atoms with van der Waals surface area (Å²) in [5.41, 5.74) is 0. The molecule has 10 atom stereocenters. The minimum Gasteiger partial charge on any atom is -0.394 e. The molecule has 0 aromatic carbocycles. The molecule has 22 heavy (non-hydrogen) atoms. The Bertz CT molecular complexity index is 368. The van der Waals surface area contributed by atoms with Gasteiger partial charge in [-0.15, -0.1) is 0 Å². The molecule has 0 unspecified atom stereocenters. The molecule has 0 aliphatic carbocycles. The lowest BCUT2D eigenvalue weighted by molar-refractivity contribution is -0.352. The molecule has 0 amide bonds. The fourth-order valence-corrected chi connectivity index (χ4v) is 2.51. The van der Waals surface area contributed by atoms with Gasteiger partial charge >= 0.3 is 0 Å². The van der Waals surface area contributed by atoms with Gasteiger partial charge in [-0.3, -0.25) is 0 Å². The highest BCUT2D eigenvalue weighted by molar-refractivity contribution is 4.93. The van der Waals surface area contributed by atoms with Crippen LogP contribution in [0, 0.1) is 0 Å². The first-order chi connectivity index (χ1) is 10.3. The summed E-state index contributed by atoms with van der Waals surface area (Å²) in [5.74, 6) is 0. The van der Waals surface area contributed by atoms with Crippen LogP contribution in [0.5, 0.6) is 0 Å². The lowest BCUT2D eigenvalue weighted by Gasteiger charge is -2.44. The topological polar surface area (TPSA) is 169 Å². The first-order valence-electron chi connectivity index (χ1n) is 6.93. The molecule has 0 aromatic heterocycles. The second-order valence-electron chi connectivity index (χ2n) is 5.51. The Kier molecular flexibility index (Phi) is 5.72. The predicted octanol–water partition coefficient (Wildman–Crippen LogP) is -4.37. The number of aliphatic hydroxyl groups excluding tert-OH is 7. The molecule has 0 spiro atoms. The van der Waals surface area contributed by atoms with E-state index in [-0.39, 0.29) is 0 Å². The van der Waals surface area contributed by atoms with Crippen LogP contribution in [0.3, 0.4) is 0 Å². The first kappa shape index (κ1) is 17.9. The van der Waals surface area contributed by atoms with Crippen molar-refractivity contribution in [3.05, 3.63) is 0 Å². The van der Waals surface area contributed by atoms with Crippen molar-refractivity contribution in [2.45, 2.75) is 68.3 Å². The third-order valence-electron chi connectivity index (χ3n) is 3.94. The molecule has 2 rings (SSSR count). The Morgan fingerprint density at radius 3 is 2.05 bits per heavy atom. The van der Waals surface area contributed by atoms with Crippen molar-refractivity contribution in [1.82, 2.24) is 0 Å². The van der Waals surface area contributed by atoms with Crippen molar-refractivity contribution in [1.29, 1.82) is 0 Å². The van der Waals surface area contributed by atoms with Gasteiger partial charge < -0.3 is 50.0 Å². The van der Waals surface area contributed by atoms with Crippen molar-refractivity contribution in [3.8, 4) is 0 Å². The van der Waals surface area contributed by atoms with Gasteiger partial charge in [0.05, 0.1) is 12.7 Å². The molecule has 2 heterocycles. The molecule has 10 heteroatoms.